The Balaban J connectivity index is 2.56. The van der Waals surface area contributed by atoms with Gasteiger partial charge in [-0.3, -0.25) is 0 Å². The Labute approximate surface area is 89.2 Å². The molecule has 2 rings (SSSR count). The molecule has 1 aromatic heterocycles. The zero-order valence-electron chi connectivity index (χ0n) is 9.29. The Morgan fingerprint density at radius 2 is 2.00 bits per heavy atom. The molecule has 0 radical (unpaired) electrons. The standard InChI is InChI=1S/C12H16N2O/c1-12(2,13)11-6-8-4-5-9(15-3)7-10(8)14-11/h4-7,14H,13H2,1-3H3. The van der Waals surface area contributed by atoms with Crippen LogP contribution in [0.15, 0.2) is 24.3 Å². The van der Waals surface area contributed by atoms with Gasteiger partial charge in [0.15, 0.2) is 0 Å². The fraction of sp³-hybridized carbons (Fsp3) is 0.333. The van der Waals surface area contributed by atoms with E-state index in [4.69, 9.17) is 10.5 Å². The monoisotopic (exact) mass is 204 g/mol. The summed E-state index contributed by atoms with van der Waals surface area (Å²) in [5, 5.41) is 1.16. The second-order valence-corrected chi connectivity index (χ2v) is 4.36. The van der Waals surface area contributed by atoms with Crippen LogP contribution in [0.3, 0.4) is 0 Å². The number of fused-ring (bicyclic) bond motifs is 1. The Hall–Kier alpha value is -1.48. The van der Waals surface area contributed by atoms with Gasteiger partial charge in [0, 0.05) is 17.3 Å². The highest BCUT2D eigenvalue weighted by Crippen LogP contribution is 2.25. The second kappa shape index (κ2) is 3.28. The summed E-state index contributed by atoms with van der Waals surface area (Å²) in [5.41, 5.74) is 7.78. The molecule has 1 heterocycles. The van der Waals surface area contributed by atoms with Crippen LogP contribution < -0.4 is 10.5 Å². The lowest BCUT2D eigenvalue weighted by Crippen LogP contribution is -2.28. The van der Waals surface area contributed by atoms with Crippen LogP contribution in [-0.4, -0.2) is 12.1 Å². The van der Waals surface area contributed by atoms with Gasteiger partial charge in [0.1, 0.15) is 5.75 Å². The Morgan fingerprint density at radius 3 is 2.60 bits per heavy atom. The molecule has 3 N–H and O–H groups in total. The first kappa shape index (κ1) is 10.1. The maximum atomic E-state index is 6.03. The summed E-state index contributed by atoms with van der Waals surface area (Å²) in [6.07, 6.45) is 0. The molecule has 0 spiro atoms. The van der Waals surface area contributed by atoms with E-state index in [-0.39, 0.29) is 5.54 Å². The number of nitrogens with one attached hydrogen (secondary N) is 1. The van der Waals surface area contributed by atoms with E-state index in [1.165, 1.54) is 0 Å². The van der Waals surface area contributed by atoms with Crippen molar-refractivity contribution in [2.45, 2.75) is 19.4 Å². The summed E-state index contributed by atoms with van der Waals surface area (Å²) in [7, 11) is 1.66. The maximum absolute atomic E-state index is 6.03. The Morgan fingerprint density at radius 1 is 1.27 bits per heavy atom. The van der Waals surface area contributed by atoms with E-state index < -0.39 is 0 Å². The van der Waals surface area contributed by atoms with Crippen molar-refractivity contribution < 1.29 is 4.74 Å². The normalized spacial score (nSPS) is 12.0. The molecule has 0 saturated carbocycles. The number of H-pyrrole nitrogens is 1. The first-order valence-electron chi connectivity index (χ1n) is 4.97. The molecule has 0 aliphatic heterocycles. The molecule has 15 heavy (non-hydrogen) atoms. The van der Waals surface area contributed by atoms with Crippen LogP contribution in [0.25, 0.3) is 10.9 Å². The van der Waals surface area contributed by atoms with Crippen molar-refractivity contribution in [1.29, 1.82) is 0 Å². The van der Waals surface area contributed by atoms with Crippen LogP contribution in [0.5, 0.6) is 5.75 Å². The van der Waals surface area contributed by atoms with Gasteiger partial charge in [-0.25, -0.2) is 0 Å². The minimum Gasteiger partial charge on any atom is -0.497 e. The minimum atomic E-state index is -0.341. The van der Waals surface area contributed by atoms with Crippen LogP contribution in [-0.2, 0) is 5.54 Å². The molecule has 1 aromatic carbocycles. The fourth-order valence-corrected chi connectivity index (χ4v) is 1.58. The van der Waals surface area contributed by atoms with E-state index in [1.54, 1.807) is 7.11 Å². The summed E-state index contributed by atoms with van der Waals surface area (Å²) in [6, 6.07) is 8.03. The summed E-state index contributed by atoms with van der Waals surface area (Å²) in [4.78, 5) is 3.31. The van der Waals surface area contributed by atoms with Crippen molar-refractivity contribution >= 4 is 10.9 Å². The number of benzene rings is 1. The molecule has 80 valence electrons. The van der Waals surface area contributed by atoms with E-state index in [0.717, 1.165) is 22.3 Å². The summed E-state index contributed by atoms with van der Waals surface area (Å²) >= 11 is 0. The van der Waals surface area contributed by atoms with Crippen molar-refractivity contribution in [3.8, 4) is 5.75 Å². The fourth-order valence-electron chi connectivity index (χ4n) is 1.58. The van der Waals surface area contributed by atoms with Crippen LogP contribution in [0.4, 0.5) is 0 Å². The van der Waals surface area contributed by atoms with Crippen molar-refractivity contribution in [3.63, 3.8) is 0 Å². The molecule has 0 aliphatic carbocycles. The van der Waals surface area contributed by atoms with Crippen LogP contribution in [0, 0.1) is 0 Å². The van der Waals surface area contributed by atoms with E-state index >= 15 is 0 Å². The number of aromatic amines is 1. The summed E-state index contributed by atoms with van der Waals surface area (Å²) in [6.45, 7) is 3.96. The summed E-state index contributed by atoms with van der Waals surface area (Å²) in [5.74, 6) is 0.853. The van der Waals surface area contributed by atoms with Gasteiger partial charge >= 0.3 is 0 Å². The van der Waals surface area contributed by atoms with Gasteiger partial charge in [0.05, 0.1) is 12.6 Å². The molecule has 0 atom stereocenters. The third-order valence-corrected chi connectivity index (χ3v) is 2.52. The van der Waals surface area contributed by atoms with Crippen molar-refractivity contribution in [2.75, 3.05) is 7.11 Å². The highest BCUT2D eigenvalue weighted by atomic mass is 16.5. The SMILES string of the molecule is COc1ccc2cc(C(C)(C)N)[nH]c2c1. The topological polar surface area (TPSA) is 51.0 Å². The number of methoxy groups -OCH3 is 1. The van der Waals surface area contributed by atoms with Gasteiger partial charge < -0.3 is 15.5 Å². The van der Waals surface area contributed by atoms with E-state index in [0.29, 0.717) is 0 Å². The van der Waals surface area contributed by atoms with Crippen LogP contribution >= 0.6 is 0 Å². The molecule has 0 unspecified atom stereocenters. The lowest BCUT2D eigenvalue weighted by Gasteiger charge is -2.15. The second-order valence-electron chi connectivity index (χ2n) is 4.36. The Kier molecular flexibility index (Phi) is 2.20. The molecular weight excluding hydrogens is 188 g/mol. The number of hydrogen-bond donors (Lipinski definition) is 2. The van der Waals surface area contributed by atoms with Crippen LogP contribution in [0.1, 0.15) is 19.5 Å². The molecule has 0 amide bonds. The van der Waals surface area contributed by atoms with E-state index in [2.05, 4.69) is 11.1 Å². The van der Waals surface area contributed by atoms with Crippen molar-refractivity contribution in [3.05, 3.63) is 30.0 Å². The van der Waals surface area contributed by atoms with Gasteiger partial charge in [-0.05, 0) is 37.4 Å². The number of hydrogen-bond acceptors (Lipinski definition) is 2. The molecule has 0 aliphatic rings. The van der Waals surface area contributed by atoms with Crippen molar-refractivity contribution in [2.24, 2.45) is 5.73 Å². The first-order valence-corrected chi connectivity index (χ1v) is 4.97. The highest BCUT2D eigenvalue weighted by molar-refractivity contribution is 5.82. The molecule has 0 fully saturated rings. The lowest BCUT2D eigenvalue weighted by molar-refractivity contribution is 0.415. The molecule has 3 nitrogen and oxygen atoms in total. The smallest absolute Gasteiger partial charge is 0.120 e. The van der Waals surface area contributed by atoms with Gasteiger partial charge in [0.25, 0.3) is 0 Å². The minimum absolute atomic E-state index is 0.341. The van der Waals surface area contributed by atoms with Crippen LogP contribution in [0.2, 0.25) is 0 Å². The third kappa shape index (κ3) is 1.83. The quantitative estimate of drug-likeness (QED) is 0.789. The van der Waals surface area contributed by atoms with Gasteiger partial charge in [0.2, 0.25) is 0 Å². The third-order valence-electron chi connectivity index (χ3n) is 2.52. The predicted molar refractivity (Wildman–Crippen MR) is 62.1 cm³/mol. The highest BCUT2D eigenvalue weighted by Gasteiger charge is 2.16. The zero-order chi connectivity index (χ0) is 11.1. The average Bonchev–Trinajstić information content (AvgIpc) is 2.59. The average molecular weight is 204 g/mol. The zero-order valence-corrected chi connectivity index (χ0v) is 9.29. The van der Waals surface area contributed by atoms with Gasteiger partial charge in [-0.1, -0.05) is 0 Å². The largest absolute Gasteiger partial charge is 0.497 e. The van der Waals surface area contributed by atoms with E-state index in [9.17, 15) is 0 Å². The molecular formula is C12H16N2O. The van der Waals surface area contributed by atoms with Gasteiger partial charge in [-0.2, -0.15) is 0 Å². The molecule has 2 aromatic rings. The number of nitrogens with two attached hydrogens (primary N) is 1. The Bertz CT molecular complexity index is 480. The number of rotatable bonds is 2. The number of aromatic nitrogens is 1. The van der Waals surface area contributed by atoms with Crippen molar-refractivity contribution in [1.82, 2.24) is 4.98 Å². The predicted octanol–water partition coefficient (Wildman–Crippen LogP) is 2.37. The summed E-state index contributed by atoms with van der Waals surface area (Å²) < 4.78 is 5.17. The maximum Gasteiger partial charge on any atom is 0.120 e. The molecule has 3 heteroatoms. The van der Waals surface area contributed by atoms with E-state index in [1.807, 2.05) is 32.0 Å². The van der Waals surface area contributed by atoms with Gasteiger partial charge in [-0.15, -0.1) is 0 Å². The first-order chi connectivity index (χ1) is 7.00. The molecule has 0 bridgehead atoms. The lowest BCUT2D eigenvalue weighted by atomic mass is 10.0. The number of ether oxygens (including phenoxy) is 1. The molecule has 0 saturated heterocycles.